The number of nitrogens with two attached hydrogens (primary N) is 1. The molecule has 0 atom stereocenters. The Labute approximate surface area is 65.8 Å². The second kappa shape index (κ2) is 3.18. The van der Waals surface area contributed by atoms with E-state index in [1.807, 2.05) is 17.7 Å². The lowest BCUT2D eigenvalue weighted by Gasteiger charge is -2.02. The molecule has 2 N–H and O–H groups in total. The first kappa shape index (κ1) is 7.78. The first-order valence-corrected chi connectivity index (χ1v) is 3.43. The summed E-state index contributed by atoms with van der Waals surface area (Å²) in [5.41, 5.74) is 5.53. The van der Waals surface area contributed by atoms with Crippen molar-refractivity contribution in [3.05, 3.63) is 18.2 Å². The van der Waals surface area contributed by atoms with E-state index < -0.39 is 0 Å². The van der Waals surface area contributed by atoms with Crippen LogP contribution in [-0.4, -0.2) is 22.4 Å². The Morgan fingerprint density at radius 1 is 1.82 bits per heavy atom. The maximum Gasteiger partial charge on any atom is 0.113 e. The van der Waals surface area contributed by atoms with Crippen molar-refractivity contribution in [1.29, 1.82) is 0 Å². The van der Waals surface area contributed by atoms with Gasteiger partial charge in [0.05, 0.1) is 6.54 Å². The summed E-state index contributed by atoms with van der Waals surface area (Å²) in [6.45, 7) is 2.56. The standard InChI is InChI=1S/C7H12N4/c1-6-10-3-4-11(6)5-7(8)9-2/h3-4H,5H2,1-2H3,(H2,8,9). The van der Waals surface area contributed by atoms with E-state index in [1.54, 1.807) is 13.2 Å². The molecule has 1 rings (SSSR count). The molecular weight excluding hydrogens is 140 g/mol. The molecular formula is C7H12N4. The highest BCUT2D eigenvalue weighted by molar-refractivity contribution is 5.79. The van der Waals surface area contributed by atoms with Crippen LogP contribution in [0.4, 0.5) is 0 Å². The van der Waals surface area contributed by atoms with Crippen LogP contribution in [0.5, 0.6) is 0 Å². The Hall–Kier alpha value is -1.32. The van der Waals surface area contributed by atoms with Gasteiger partial charge < -0.3 is 10.3 Å². The van der Waals surface area contributed by atoms with Crippen molar-refractivity contribution in [3.63, 3.8) is 0 Å². The maximum absolute atomic E-state index is 5.53. The SMILES string of the molecule is CN=C(N)Cn1ccnc1C. The smallest absolute Gasteiger partial charge is 0.113 e. The van der Waals surface area contributed by atoms with E-state index in [-0.39, 0.29) is 0 Å². The van der Waals surface area contributed by atoms with Crippen LogP contribution in [0.3, 0.4) is 0 Å². The molecule has 0 fully saturated rings. The summed E-state index contributed by atoms with van der Waals surface area (Å²) in [6.07, 6.45) is 3.63. The quantitative estimate of drug-likeness (QED) is 0.485. The number of hydrogen-bond acceptors (Lipinski definition) is 2. The van der Waals surface area contributed by atoms with Gasteiger partial charge in [0.1, 0.15) is 11.7 Å². The third-order valence-corrected chi connectivity index (χ3v) is 1.54. The number of aromatic nitrogens is 2. The minimum atomic E-state index is 0.617. The zero-order valence-corrected chi connectivity index (χ0v) is 6.78. The molecule has 0 spiro atoms. The molecule has 1 heterocycles. The van der Waals surface area contributed by atoms with Crippen LogP contribution in [0.2, 0.25) is 0 Å². The van der Waals surface area contributed by atoms with Crippen LogP contribution >= 0.6 is 0 Å². The average Bonchev–Trinajstić information content (AvgIpc) is 2.37. The van der Waals surface area contributed by atoms with Crippen molar-refractivity contribution < 1.29 is 0 Å². The zero-order valence-electron chi connectivity index (χ0n) is 6.78. The van der Waals surface area contributed by atoms with Gasteiger partial charge in [0.25, 0.3) is 0 Å². The van der Waals surface area contributed by atoms with E-state index in [1.165, 1.54) is 0 Å². The van der Waals surface area contributed by atoms with Gasteiger partial charge in [-0.15, -0.1) is 0 Å². The Balaban J connectivity index is 2.72. The molecule has 60 valence electrons. The molecule has 0 saturated carbocycles. The van der Waals surface area contributed by atoms with Gasteiger partial charge in [-0.25, -0.2) is 4.98 Å². The number of imidazole rings is 1. The van der Waals surface area contributed by atoms with Gasteiger partial charge in [-0.1, -0.05) is 0 Å². The zero-order chi connectivity index (χ0) is 8.27. The predicted octanol–water partition coefficient (Wildman–Crippen LogP) is 0.179. The summed E-state index contributed by atoms with van der Waals surface area (Å²) >= 11 is 0. The molecule has 1 aromatic rings. The normalized spacial score (nSPS) is 12.0. The number of aliphatic imine (C=N–C) groups is 1. The molecule has 0 bridgehead atoms. The number of hydrogen-bond donors (Lipinski definition) is 1. The highest BCUT2D eigenvalue weighted by Gasteiger charge is 1.96. The fraction of sp³-hybridized carbons (Fsp3) is 0.429. The van der Waals surface area contributed by atoms with E-state index in [0.717, 1.165) is 5.82 Å². The minimum Gasteiger partial charge on any atom is -0.386 e. The van der Waals surface area contributed by atoms with Crippen molar-refractivity contribution in [3.8, 4) is 0 Å². The summed E-state index contributed by atoms with van der Waals surface area (Å²) in [5, 5.41) is 0. The predicted molar refractivity (Wildman–Crippen MR) is 44.5 cm³/mol. The molecule has 11 heavy (non-hydrogen) atoms. The van der Waals surface area contributed by atoms with E-state index in [4.69, 9.17) is 5.73 Å². The summed E-state index contributed by atoms with van der Waals surface area (Å²) in [6, 6.07) is 0. The number of amidine groups is 1. The summed E-state index contributed by atoms with van der Waals surface area (Å²) in [7, 11) is 1.68. The van der Waals surface area contributed by atoms with Gasteiger partial charge in [-0.05, 0) is 6.92 Å². The van der Waals surface area contributed by atoms with Crippen molar-refractivity contribution in [1.82, 2.24) is 9.55 Å². The second-order valence-electron chi connectivity index (χ2n) is 2.32. The van der Waals surface area contributed by atoms with Crippen LogP contribution < -0.4 is 5.73 Å². The third kappa shape index (κ3) is 1.80. The highest BCUT2D eigenvalue weighted by Crippen LogP contribution is 1.93. The van der Waals surface area contributed by atoms with Crippen molar-refractivity contribution >= 4 is 5.84 Å². The lowest BCUT2D eigenvalue weighted by atomic mass is 10.5. The molecule has 0 aliphatic carbocycles. The van der Waals surface area contributed by atoms with Gasteiger partial charge in [-0.3, -0.25) is 4.99 Å². The molecule has 0 aromatic carbocycles. The van der Waals surface area contributed by atoms with E-state index in [0.29, 0.717) is 12.4 Å². The molecule has 1 aromatic heterocycles. The van der Waals surface area contributed by atoms with E-state index in [2.05, 4.69) is 9.98 Å². The first-order valence-electron chi connectivity index (χ1n) is 3.43. The second-order valence-corrected chi connectivity index (χ2v) is 2.32. The van der Waals surface area contributed by atoms with Gasteiger partial charge in [-0.2, -0.15) is 0 Å². The monoisotopic (exact) mass is 152 g/mol. The van der Waals surface area contributed by atoms with Gasteiger partial charge in [0.2, 0.25) is 0 Å². The molecule has 0 unspecified atom stereocenters. The fourth-order valence-electron chi connectivity index (χ4n) is 0.816. The summed E-state index contributed by atoms with van der Waals surface area (Å²) in [5.74, 6) is 1.57. The fourth-order valence-corrected chi connectivity index (χ4v) is 0.816. The topological polar surface area (TPSA) is 56.2 Å². The minimum absolute atomic E-state index is 0.617. The average molecular weight is 152 g/mol. The number of aryl methyl sites for hydroxylation is 1. The van der Waals surface area contributed by atoms with Gasteiger partial charge in [0, 0.05) is 19.4 Å². The Kier molecular flexibility index (Phi) is 2.25. The molecule has 0 saturated heterocycles. The van der Waals surface area contributed by atoms with Crippen LogP contribution in [-0.2, 0) is 6.54 Å². The highest BCUT2D eigenvalue weighted by atomic mass is 15.1. The van der Waals surface area contributed by atoms with Crippen LogP contribution in [0, 0.1) is 6.92 Å². The summed E-state index contributed by atoms with van der Waals surface area (Å²) in [4.78, 5) is 7.91. The number of nitrogens with zero attached hydrogens (tertiary/aromatic N) is 3. The van der Waals surface area contributed by atoms with Crippen LogP contribution in [0.15, 0.2) is 17.4 Å². The number of rotatable bonds is 2. The molecule has 4 heteroatoms. The van der Waals surface area contributed by atoms with Crippen LogP contribution in [0.1, 0.15) is 5.82 Å². The Morgan fingerprint density at radius 3 is 3.00 bits per heavy atom. The lowest BCUT2D eigenvalue weighted by molar-refractivity contribution is 0.800. The largest absolute Gasteiger partial charge is 0.386 e. The van der Waals surface area contributed by atoms with Crippen molar-refractivity contribution in [2.75, 3.05) is 7.05 Å². The van der Waals surface area contributed by atoms with E-state index >= 15 is 0 Å². The molecule has 0 radical (unpaired) electrons. The van der Waals surface area contributed by atoms with Crippen molar-refractivity contribution in [2.45, 2.75) is 13.5 Å². The third-order valence-electron chi connectivity index (χ3n) is 1.54. The van der Waals surface area contributed by atoms with Gasteiger partial charge >= 0.3 is 0 Å². The Bertz CT molecular complexity index is 261. The molecule has 0 aliphatic heterocycles. The maximum atomic E-state index is 5.53. The molecule has 4 nitrogen and oxygen atoms in total. The van der Waals surface area contributed by atoms with Crippen molar-refractivity contribution in [2.24, 2.45) is 10.7 Å². The molecule has 0 amide bonds. The van der Waals surface area contributed by atoms with E-state index in [9.17, 15) is 0 Å². The molecule has 0 aliphatic rings. The lowest BCUT2D eigenvalue weighted by Crippen LogP contribution is -2.19. The first-order chi connectivity index (χ1) is 5.24. The van der Waals surface area contributed by atoms with Crippen LogP contribution in [0.25, 0.3) is 0 Å². The Morgan fingerprint density at radius 2 is 2.55 bits per heavy atom. The van der Waals surface area contributed by atoms with Gasteiger partial charge in [0.15, 0.2) is 0 Å². The summed E-state index contributed by atoms with van der Waals surface area (Å²) < 4.78 is 1.95.